The zero-order valence-electron chi connectivity index (χ0n) is 12.0. The van der Waals surface area contributed by atoms with E-state index in [0.717, 1.165) is 11.1 Å². The van der Waals surface area contributed by atoms with Crippen LogP contribution in [0.3, 0.4) is 0 Å². The average Bonchev–Trinajstić information content (AvgIpc) is 2.63. The highest BCUT2D eigenvalue weighted by Crippen LogP contribution is 2.36. The highest BCUT2D eigenvalue weighted by molar-refractivity contribution is 5.20. The van der Waals surface area contributed by atoms with E-state index in [1.807, 2.05) is 64.1 Å². The van der Waals surface area contributed by atoms with Gasteiger partial charge >= 0.3 is 0 Å². The van der Waals surface area contributed by atoms with Crippen LogP contribution in [0.25, 0.3) is 0 Å². The Bertz CT molecular complexity index is 446. The van der Waals surface area contributed by atoms with Gasteiger partial charge in [-0.1, -0.05) is 42.0 Å². The molecule has 104 valence electrons. The van der Waals surface area contributed by atoms with Gasteiger partial charge in [-0.05, 0) is 33.3 Å². The summed E-state index contributed by atoms with van der Waals surface area (Å²) in [5.41, 5.74) is 2.00. The van der Waals surface area contributed by atoms with Crippen LogP contribution in [0.15, 0.2) is 42.0 Å². The minimum atomic E-state index is -0.691. The number of ether oxygens (including phenoxy) is 2. The highest BCUT2D eigenvalue weighted by atomic mass is 16.8. The van der Waals surface area contributed by atoms with Crippen molar-refractivity contribution in [3.63, 3.8) is 0 Å². The van der Waals surface area contributed by atoms with Crippen molar-refractivity contribution in [1.29, 1.82) is 0 Å². The van der Waals surface area contributed by atoms with Crippen LogP contribution in [0, 0.1) is 0 Å². The van der Waals surface area contributed by atoms with E-state index in [2.05, 4.69) is 0 Å². The van der Waals surface area contributed by atoms with E-state index >= 15 is 0 Å². The fraction of sp³-hybridized carbons (Fsp3) is 0.500. The Labute approximate surface area is 114 Å². The topological polar surface area (TPSA) is 38.7 Å². The van der Waals surface area contributed by atoms with Gasteiger partial charge in [0.15, 0.2) is 5.79 Å². The second-order valence-corrected chi connectivity index (χ2v) is 5.66. The van der Waals surface area contributed by atoms with E-state index in [1.165, 1.54) is 0 Å². The van der Waals surface area contributed by atoms with Crippen molar-refractivity contribution in [2.24, 2.45) is 0 Å². The minimum Gasteiger partial charge on any atom is -0.386 e. The molecule has 0 saturated carbocycles. The Morgan fingerprint density at radius 3 is 2.42 bits per heavy atom. The first-order valence-corrected chi connectivity index (χ1v) is 6.63. The molecule has 0 bridgehead atoms. The summed E-state index contributed by atoms with van der Waals surface area (Å²) in [5, 5.41) is 10.5. The lowest BCUT2D eigenvalue weighted by molar-refractivity contribution is -0.153. The Kier molecular flexibility index (Phi) is 4.09. The third-order valence-electron chi connectivity index (χ3n) is 3.11. The molecule has 1 aromatic carbocycles. The van der Waals surface area contributed by atoms with Gasteiger partial charge in [-0.2, -0.15) is 0 Å². The molecule has 19 heavy (non-hydrogen) atoms. The molecule has 3 nitrogen and oxygen atoms in total. The van der Waals surface area contributed by atoms with Gasteiger partial charge in [0, 0.05) is 0 Å². The summed E-state index contributed by atoms with van der Waals surface area (Å²) in [6, 6.07) is 9.56. The maximum Gasteiger partial charge on any atom is 0.164 e. The standard InChI is InChI=1S/C16H22O3/c1-11(2)10-13-15(19-16(3,4)18-13)14(17)12-8-6-5-7-9-12/h5-10,13-15,17H,1-4H3/t13-,14-,15-/m0/s1. The maximum atomic E-state index is 10.5. The lowest BCUT2D eigenvalue weighted by Crippen LogP contribution is -2.28. The molecule has 0 amide bonds. The Morgan fingerprint density at radius 2 is 1.84 bits per heavy atom. The summed E-state index contributed by atoms with van der Waals surface area (Å²) in [6.45, 7) is 7.77. The number of allylic oxidation sites excluding steroid dienone is 1. The monoisotopic (exact) mass is 262 g/mol. The molecule has 1 N–H and O–H groups in total. The van der Waals surface area contributed by atoms with Crippen molar-refractivity contribution >= 4 is 0 Å². The lowest BCUT2D eigenvalue weighted by Gasteiger charge is -2.21. The second kappa shape index (κ2) is 5.45. The Balaban J connectivity index is 2.23. The molecule has 1 fully saturated rings. The van der Waals surface area contributed by atoms with Crippen molar-refractivity contribution in [1.82, 2.24) is 0 Å². The molecule has 1 aromatic rings. The van der Waals surface area contributed by atoms with Gasteiger partial charge in [-0.25, -0.2) is 0 Å². The zero-order valence-corrected chi connectivity index (χ0v) is 12.0. The van der Waals surface area contributed by atoms with Crippen LogP contribution in [0.4, 0.5) is 0 Å². The molecule has 2 rings (SSSR count). The van der Waals surface area contributed by atoms with E-state index in [-0.39, 0.29) is 12.2 Å². The average molecular weight is 262 g/mol. The summed E-state index contributed by atoms with van der Waals surface area (Å²) in [7, 11) is 0. The molecule has 3 atom stereocenters. The van der Waals surface area contributed by atoms with Crippen LogP contribution in [0.2, 0.25) is 0 Å². The maximum absolute atomic E-state index is 10.5. The molecule has 1 aliphatic rings. The first-order chi connectivity index (χ1) is 8.89. The molecule has 3 heteroatoms. The Morgan fingerprint density at radius 1 is 1.21 bits per heavy atom. The van der Waals surface area contributed by atoms with Crippen molar-refractivity contribution in [3.8, 4) is 0 Å². The molecule has 1 heterocycles. The highest BCUT2D eigenvalue weighted by Gasteiger charge is 2.44. The molecule has 1 aliphatic heterocycles. The van der Waals surface area contributed by atoms with Crippen LogP contribution >= 0.6 is 0 Å². The summed E-state index contributed by atoms with van der Waals surface area (Å²) >= 11 is 0. The Hall–Kier alpha value is -1.16. The van der Waals surface area contributed by atoms with Gasteiger partial charge in [0.25, 0.3) is 0 Å². The van der Waals surface area contributed by atoms with Gasteiger partial charge in [0.05, 0.1) is 0 Å². The van der Waals surface area contributed by atoms with E-state index < -0.39 is 11.9 Å². The molecule has 0 aromatic heterocycles. The van der Waals surface area contributed by atoms with Gasteiger partial charge in [-0.3, -0.25) is 0 Å². The molecule has 0 radical (unpaired) electrons. The minimum absolute atomic E-state index is 0.227. The molecular weight excluding hydrogens is 240 g/mol. The summed E-state index contributed by atoms with van der Waals surface area (Å²) in [6.07, 6.45) is 0.706. The number of rotatable bonds is 3. The van der Waals surface area contributed by atoms with Crippen molar-refractivity contribution in [3.05, 3.63) is 47.5 Å². The summed E-state index contributed by atoms with van der Waals surface area (Å²) < 4.78 is 11.7. The predicted molar refractivity (Wildman–Crippen MR) is 74.7 cm³/mol. The number of benzene rings is 1. The lowest BCUT2D eigenvalue weighted by atomic mass is 9.99. The van der Waals surface area contributed by atoms with Crippen LogP contribution in [0.1, 0.15) is 39.4 Å². The quantitative estimate of drug-likeness (QED) is 0.850. The predicted octanol–water partition coefficient (Wildman–Crippen LogP) is 3.21. The fourth-order valence-electron chi connectivity index (χ4n) is 2.36. The second-order valence-electron chi connectivity index (χ2n) is 5.66. The van der Waals surface area contributed by atoms with Crippen molar-refractivity contribution < 1.29 is 14.6 Å². The van der Waals surface area contributed by atoms with E-state index in [1.54, 1.807) is 0 Å². The SMILES string of the molecule is CC(C)=C[C@@H]1OC(C)(C)O[C@@H]1[C@@H](O)c1ccccc1. The first-order valence-electron chi connectivity index (χ1n) is 6.63. The molecular formula is C16H22O3. The van der Waals surface area contributed by atoms with Gasteiger partial charge in [0.1, 0.15) is 18.3 Å². The third-order valence-corrected chi connectivity index (χ3v) is 3.11. The van der Waals surface area contributed by atoms with Crippen molar-refractivity contribution in [2.45, 2.75) is 51.8 Å². The molecule has 1 saturated heterocycles. The number of hydrogen-bond donors (Lipinski definition) is 1. The van der Waals surface area contributed by atoms with Crippen molar-refractivity contribution in [2.75, 3.05) is 0 Å². The van der Waals surface area contributed by atoms with Crippen LogP contribution in [-0.4, -0.2) is 23.1 Å². The number of aliphatic hydroxyl groups is 1. The molecule has 0 aliphatic carbocycles. The fourth-order valence-corrected chi connectivity index (χ4v) is 2.36. The third kappa shape index (κ3) is 3.44. The van der Waals surface area contributed by atoms with Gasteiger partial charge in [-0.15, -0.1) is 0 Å². The summed E-state index contributed by atoms with van der Waals surface area (Å²) in [4.78, 5) is 0. The van der Waals surface area contributed by atoms with E-state index in [0.29, 0.717) is 0 Å². The van der Waals surface area contributed by atoms with E-state index in [4.69, 9.17) is 9.47 Å². The van der Waals surface area contributed by atoms with Gasteiger partial charge < -0.3 is 14.6 Å². The summed E-state index contributed by atoms with van der Waals surface area (Å²) in [5.74, 6) is -0.670. The van der Waals surface area contributed by atoms with Gasteiger partial charge in [0.2, 0.25) is 0 Å². The van der Waals surface area contributed by atoms with E-state index in [9.17, 15) is 5.11 Å². The molecule has 0 spiro atoms. The van der Waals surface area contributed by atoms with Crippen LogP contribution in [0.5, 0.6) is 0 Å². The van der Waals surface area contributed by atoms with Crippen LogP contribution < -0.4 is 0 Å². The first kappa shape index (κ1) is 14.3. The normalized spacial score (nSPS) is 27.0. The smallest absolute Gasteiger partial charge is 0.164 e. The zero-order chi connectivity index (χ0) is 14.0. The largest absolute Gasteiger partial charge is 0.386 e. The van der Waals surface area contributed by atoms with Crippen LogP contribution in [-0.2, 0) is 9.47 Å². The number of hydrogen-bond acceptors (Lipinski definition) is 3. The molecule has 0 unspecified atom stereocenters. The number of aliphatic hydroxyl groups excluding tert-OH is 1.